The second-order valence-electron chi connectivity index (χ2n) is 5.86. The lowest BCUT2D eigenvalue weighted by molar-refractivity contribution is -0.384. The van der Waals surface area contributed by atoms with Crippen LogP contribution in [0.15, 0.2) is 36.7 Å². The number of amides is 1. The van der Waals surface area contributed by atoms with Crippen LogP contribution in [0.5, 0.6) is 5.75 Å². The minimum Gasteiger partial charge on any atom is -0.487 e. The highest BCUT2D eigenvalue weighted by Gasteiger charge is 2.28. The number of carbonyl (C=O) groups excluding carboxylic acids is 1. The number of pyridine rings is 1. The average Bonchev–Trinajstić information content (AvgIpc) is 2.63. The molecule has 7 nitrogen and oxygen atoms in total. The van der Waals surface area contributed by atoms with E-state index in [1.54, 1.807) is 17.2 Å². The summed E-state index contributed by atoms with van der Waals surface area (Å²) in [6.45, 7) is 0.873. The van der Waals surface area contributed by atoms with Gasteiger partial charge in [0, 0.05) is 37.1 Å². The number of benzene rings is 1. The topological polar surface area (TPSA) is 85.6 Å². The first kappa shape index (κ1) is 18.4. The maximum atomic E-state index is 12.8. The van der Waals surface area contributed by atoms with Crippen LogP contribution in [0.3, 0.4) is 0 Å². The Morgan fingerprint density at radius 1 is 1.31 bits per heavy atom. The largest absolute Gasteiger partial charge is 0.487 e. The summed E-state index contributed by atoms with van der Waals surface area (Å²) in [5.74, 6) is 0.155. The number of halogens is 2. The van der Waals surface area contributed by atoms with E-state index in [1.807, 2.05) is 0 Å². The van der Waals surface area contributed by atoms with Crippen molar-refractivity contribution in [1.82, 2.24) is 9.88 Å². The Morgan fingerprint density at radius 2 is 2.12 bits per heavy atom. The van der Waals surface area contributed by atoms with Crippen LogP contribution in [0.1, 0.15) is 23.2 Å². The van der Waals surface area contributed by atoms with E-state index in [9.17, 15) is 14.9 Å². The van der Waals surface area contributed by atoms with Crippen molar-refractivity contribution in [1.29, 1.82) is 0 Å². The molecular formula is C17H15Cl2N3O4. The molecular weight excluding hydrogens is 381 g/mol. The predicted octanol–water partition coefficient (Wildman–Crippen LogP) is 3.98. The van der Waals surface area contributed by atoms with E-state index in [2.05, 4.69) is 4.98 Å². The van der Waals surface area contributed by atoms with Crippen LogP contribution in [0.25, 0.3) is 0 Å². The molecule has 0 saturated carbocycles. The normalized spacial score (nSPS) is 17.0. The molecule has 1 unspecified atom stereocenters. The van der Waals surface area contributed by atoms with Gasteiger partial charge in [-0.2, -0.15) is 0 Å². The van der Waals surface area contributed by atoms with E-state index >= 15 is 0 Å². The number of nitro benzene ring substituents is 1. The fourth-order valence-corrected chi connectivity index (χ4v) is 3.18. The number of likely N-dealkylation sites (tertiary alicyclic amines) is 1. The standard InChI is InChI=1S/C17H15Cl2N3O4/c18-14-4-3-11(22(24)25)8-13(14)17(23)21-7-1-2-12(10-21)26-16-5-6-20-9-15(16)19/h3-6,8-9,12H,1-2,7,10H2. The molecule has 26 heavy (non-hydrogen) atoms. The Hall–Kier alpha value is -2.38. The molecule has 1 saturated heterocycles. The number of non-ortho nitro benzene ring substituents is 1. The Morgan fingerprint density at radius 3 is 2.85 bits per heavy atom. The fraction of sp³-hybridized carbons (Fsp3) is 0.294. The molecule has 3 rings (SSSR count). The van der Waals surface area contributed by atoms with Crippen molar-refractivity contribution in [3.63, 3.8) is 0 Å². The zero-order valence-electron chi connectivity index (χ0n) is 13.6. The Bertz CT molecular complexity index is 847. The van der Waals surface area contributed by atoms with Gasteiger partial charge in [-0.05, 0) is 18.9 Å². The molecule has 1 aliphatic heterocycles. The molecule has 0 bridgehead atoms. The van der Waals surface area contributed by atoms with Gasteiger partial charge in [0.1, 0.15) is 16.9 Å². The highest BCUT2D eigenvalue weighted by molar-refractivity contribution is 6.34. The van der Waals surface area contributed by atoms with Crippen molar-refractivity contribution in [2.24, 2.45) is 0 Å². The summed E-state index contributed by atoms with van der Waals surface area (Å²) in [4.78, 5) is 28.7. The monoisotopic (exact) mass is 395 g/mol. The lowest BCUT2D eigenvalue weighted by Gasteiger charge is -2.33. The molecule has 0 aliphatic carbocycles. The number of nitro groups is 1. The number of nitrogens with zero attached hydrogens (tertiary/aromatic N) is 3. The highest BCUT2D eigenvalue weighted by Crippen LogP contribution is 2.28. The number of carbonyl (C=O) groups is 1. The van der Waals surface area contributed by atoms with Crippen molar-refractivity contribution in [3.8, 4) is 5.75 Å². The summed E-state index contributed by atoms with van der Waals surface area (Å²) in [6.07, 6.45) is 4.35. The van der Waals surface area contributed by atoms with E-state index in [0.717, 1.165) is 12.8 Å². The molecule has 0 radical (unpaired) electrons. The molecule has 2 heterocycles. The molecule has 1 amide bonds. The van der Waals surface area contributed by atoms with E-state index < -0.39 is 4.92 Å². The molecule has 9 heteroatoms. The average molecular weight is 396 g/mol. The number of rotatable bonds is 4. The predicted molar refractivity (Wildman–Crippen MR) is 96.9 cm³/mol. The van der Waals surface area contributed by atoms with Gasteiger partial charge in [0.25, 0.3) is 11.6 Å². The minimum absolute atomic E-state index is 0.114. The van der Waals surface area contributed by atoms with Crippen molar-refractivity contribution >= 4 is 34.8 Å². The number of aromatic nitrogens is 1. The SMILES string of the molecule is O=C(c1cc([N+](=O)[O-])ccc1Cl)N1CCCC(Oc2ccncc2Cl)C1. The van der Waals surface area contributed by atoms with E-state index in [0.29, 0.717) is 23.9 Å². The number of ether oxygens (including phenoxy) is 1. The van der Waals surface area contributed by atoms with Gasteiger partial charge >= 0.3 is 0 Å². The third-order valence-corrected chi connectivity index (χ3v) is 4.70. The molecule has 1 aromatic heterocycles. The summed E-state index contributed by atoms with van der Waals surface area (Å²) in [7, 11) is 0. The van der Waals surface area contributed by atoms with Crippen molar-refractivity contribution in [2.45, 2.75) is 18.9 Å². The Balaban J connectivity index is 1.75. The Kier molecular flexibility index (Phi) is 5.58. The van der Waals surface area contributed by atoms with Gasteiger partial charge in [-0.3, -0.25) is 19.9 Å². The van der Waals surface area contributed by atoms with Crippen molar-refractivity contribution in [3.05, 3.63) is 62.4 Å². The van der Waals surface area contributed by atoms with Crippen LogP contribution in [0, 0.1) is 10.1 Å². The quantitative estimate of drug-likeness (QED) is 0.577. The summed E-state index contributed by atoms with van der Waals surface area (Å²) < 4.78 is 5.89. The first-order chi connectivity index (χ1) is 12.5. The van der Waals surface area contributed by atoms with Crippen molar-refractivity contribution < 1.29 is 14.5 Å². The smallest absolute Gasteiger partial charge is 0.270 e. The third-order valence-electron chi connectivity index (χ3n) is 4.09. The van der Waals surface area contributed by atoms with Gasteiger partial charge in [0.2, 0.25) is 0 Å². The summed E-state index contributed by atoms with van der Waals surface area (Å²) in [6, 6.07) is 5.50. The van der Waals surface area contributed by atoms with Gasteiger partial charge in [-0.25, -0.2) is 0 Å². The highest BCUT2D eigenvalue weighted by atomic mass is 35.5. The van der Waals surface area contributed by atoms with E-state index in [1.165, 1.54) is 24.4 Å². The first-order valence-electron chi connectivity index (χ1n) is 7.95. The maximum absolute atomic E-state index is 12.8. The lowest BCUT2D eigenvalue weighted by atomic mass is 10.1. The molecule has 0 N–H and O–H groups in total. The molecule has 1 fully saturated rings. The van der Waals surface area contributed by atoms with E-state index in [-0.39, 0.29) is 28.3 Å². The van der Waals surface area contributed by atoms with Crippen LogP contribution in [0.4, 0.5) is 5.69 Å². The van der Waals surface area contributed by atoms with Gasteiger partial charge in [-0.15, -0.1) is 0 Å². The van der Waals surface area contributed by atoms with Crippen LogP contribution in [-0.4, -0.2) is 39.9 Å². The van der Waals surface area contributed by atoms with Gasteiger partial charge in [-0.1, -0.05) is 23.2 Å². The second-order valence-corrected chi connectivity index (χ2v) is 6.68. The van der Waals surface area contributed by atoms with Gasteiger partial charge in [0.15, 0.2) is 0 Å². The molecule has 2 aromatic rings. The second kappa shape index (κ2) is 7.88. The fourth-order valence-electron chi connectivity index (χ4n) is 2.82. The summed E-state index contributed by atoms with van der Waals surface area (Å²) in [5.41, 5.74) is -0.0606. The van der Waals surface area contributed by atoms with E-state index in [4.69, 9.17) is 27.9 Å². The number of hydrogen-bond donors (Lipinski definition) is 0. The minimum atomic E-state index is -0.555. The molecule has 0 spiro atoms. The molecule has 1 atom stereocenters. The van der Waals surface area contributed by atoms with Crippen LogP contribution >= 0.6 is 23.2 Å². The van der Waals surface area contributed by atoms with Gasteiger partial charge < -0.3 is 9.64 Å². The lowest BCUT2D eigenvalue weighted by Crippen LogP contribution is -2.44. The summed E-state index contributed by atoms with van der Waals surface area (Å²) >= 11 is 12.1. The van der Waals surface area contributed by atoms with Crippen LogP contribution in [0.2, 0.25) is 10.0 Å². The number of piperidine rings is 1. The van der Waals surface area contributed by atoms with Crippen molar-refractivity contribution in [2.75, 3.05) is 13.1 Å². The molecule has 136 valence electrons. The zero-order valence-corrected chi connectivity index (χ0v) is 15.1. The van der Waals surface area contributed by atoms with Crippen LogP contribution < -0.4 is 4.74 Å². The summed E-state index contributed by atoms with van der Waals surface area (Å²) in [5, 5.41) is 11.5. The van der Waals surface area contributed by atoms with Crippen LogP contribution in [-0.2, 0) is 0 Å². The third kappa shape index (κ3) is 4.05. The molecule has 1 aromatic carbocycles. The molecule has 1 aliphatic rings. The first-order valence-corrected chi connectivity index (χ1v) is 8.70. The van der Waals surface area contributed by atoms with Gasteiger partial charge in [0.05, 0.1) is 22.1 Å². The number of hydrogen-bond acceptors (Lipinski definition) is 5. The maximum Gasteiger partial charge on any atom is 0.270 e. The Labute approximate surface area is 159 Å². The zero-order chi connectivity index (χ0) is 18.7.